The van der Waals surface area contributed by atoms with Crippen LogP contribution in [-0.2, 0) is 17.8 Å². The van der Waals surface area contributed by atoms with E-state index in [2.05, 4.69) is 10.3 Å². The summed E-state index contributed by atoms with van der Waals surface area (Å²) in [6, 6.07) is 6.09. The van der Waals surface area contributed by atoms with Gasteiger partial charge in [0.15, 0.2) is 0 Å². The number of nitrogens with zero attached hydrogens (tertiary/aromatic N) is 2. The Morgan fingerprint density at radius 3 is 2.94 bits per heavy atom. The molecule has 2 aromatic rings. The average Bonchev–Trinajstić information content (AvgIpc) is 2.79. The number of nitrogens with one attached hydrogen (secondary N) is 1. The maximum atomic E-state index is 13.3. The molecule has 0 aliphatic rings. The van der Waals surface area contributed by atoms with E-state index in [1.54, 1.807) is 29.1 Å². The number of benzene rings is 1. The van der Waals surface area contributed by atoms with Crippen LogP contribution in [0.3, 0.4) is 0 Å². The molecule has 94 valence electrons. The second-order valence-electron chi connectivity index (χ2n) is 3.85. The number of para-hydroxylation sites is 1. The maximum Gasteiger partial charge on any atom is 0.244 e. The number of rotatable bonds is 4. The standard InChI is InChI=1S/C13H14FN3O/c1-2-12-15-7-8-17(12)9-13(18)16-11-6-4-3-5-10(11)14/h3-8H,2,9H2,1H3,(H,16,18). The first-order chi connectivity index (χ1) is 8.70. The third-order valence-corrected chi connectivity index (χ3v) is 2.58. The van der Waals surface area contributed by atoms with E-state index in [1.165, 1.54) is 12.1 Å². The van der Waals surface area contributed by atoms with Gasteiger partial charge in [0.2, 0.25) is 5.91 Å². The van der Waals surface area contributed by atoms with Crippen LogP contribution in [0.15, 0.2) is 36.7 Å². The van der Waals surface area contributed by atoms with Gasteiger partial charge in [0.1, 0.15) is 18.2 Å². The zero-order chi connectivity index (χ0) is 13.0. The molecule has 5 heteroatoms. The Bertz CT molecular complexity index is 551. The first-order valence-electron chi connectivity index (χ1n) is 5.75. The third kappa shape index (κ3) is 2.74. The van der Waals surface area contributed by atoms with E-state index in [-0.39, 0.29) is 18.1 Å². The van der Waals surface area contributed by atoms with Gasteiger partial charge >= 0.3 is 0 Å². The lowest BCUT2D eigenvalue weighted by Gasteiger charge is -2.08. The zero-order valence-electron chi connectivity index (χ0n) is 10.1. The molecule has 4 nitrogen and oxygen atoms in total. The van der Waals surface area contributed by atoms with Crippen LogP contribution in [0.4, 0.5) is 10.1 Å². The summed E-state index contributed by atoms with van der Waals surface area (Å²) in [5.41, 5.74) is 0.195. The summed E-state index contributed by atoms with van der Waals surface area (Å²) in [7, 11) is 0. The number of amides is 1. The summed E-state index contributed by atoms with van der Waals surface area (Å²) >= 11 is 0. The summed E-state index contributed by atoms with van der Waals surface area (Å²) < 4.78 is 15.1. The molecule has 0 fully saturated rings. The number of carbonyl (C=O) groups is 1. The number of aromatic nitrogens is 2. The van der Waals surface area contributed by atoms with Crippen LogP contribution >= 0.6 is 0 Å². The van der Waals surface area contributed by atoms with E-state index >= 15 is 0 Å². The number of carbonyl (C=O) groups excluding carboxylic acids is 1. The van der Waals surface area contributed by atoms with Crippen LogP contribution < -0.4 is 5.32 Å². The smallest absolute Gasteiger partial charge is 0.244 e. The highest BCUT2D eigenvalue weighted by molar-refractivity contribution is 5.90. The van der Waals surface area contributed by atoms with Crippen molar-refractivity contribution in [3.8, 4) is 0 Å². The van der Waals surface area contributed by atoms with Crippen LogP contribution in [0.2, 0.25) is 0 Å². The molecule has 0 atom stereocenters. The van der Waals surface area contributed by atoms with Crippen molar-refractivity contribution in [1.29, 1.82) is 0 Å². The molecule has 2 rings (SSSR count). The molecule has 0 aliphatic carbocycles. The minimum atomic E-state index is -0.438. The molecule has 1 aromatic heterocycles. The molecule has 0 aliphatic heterocycles. The number of aryl methyl sites for hydroxylation is 1. The van der Waals surface area contributed by atoms with E-state index in [4.69, 9.17) is 0 Å². The molecule has 18 heavy (non-hydrogen) atoms. The van der Waals surface area contributed by atoms with Crippen molar-refractivity contribution in [2.24, 2.45) is 0 Å². The lowest BCUT2D eigenvalue weighted by atomic mass is 10.3. The molecule has 1 aromatic carbocycles. The fourth-order valence-electron chi connectivity index (χ4n) is 1.71. The lowest BCUT2D eigenvalue weighted by Crippen LogP contribution is -2.20. The van der Waals surface area contributed by atoms with Crippen molar-refractivity contribution in [3.05, 3.63) is 48.3 Å². The van der Waals surface area contributed by atoms with Crippen molar-refractivity contribution in [1.82, 2.24) is 9.55 Å². The van der Waals surface area contributed by atoms with Crippen LogP contribution in [0.5, 0.6) is 0 Å². The third-order valence-electron chi connectivity index (χ3n) is 2.58. The summed E-state index contributed by atoms with van der Waals surface area (Å²) in [5.74, 6) is 0.124. The van der Waals surface area contributed by atoms with Crippen molar-refractivity contribution in [3.63, 3.8) is 0 Å². The number of hydrogen-bond donors (Lipinski definition) is 1. The Hall–Kier alpha value is -2.17. The van der Waals surface area contributed by atoms with E-state index in [0.29, 0.717) is 0 Å². The normalized spacial score (nSPS) is 10.3. The van der Waals surface area contributed by atoms with Gasteiger partial charge in [-0.05, 0) is 12.1 Å². The van der Waals surface area contributed by atoms with Gasteiger partial charge < -0.3 is 9.88 Å². The Balaban J connectivity index is 2.04. The summed E-state index contributed by atoms with van der Waals surface area (Å²) in [6.07, 6.45) is 4.13. The Morgan fingerprint density at radius 1 is 1.44 bits per heavy atom. The van der Waals surface area contributed by atoms with Gasteiger partial charge in [-0.25, -0.2) is 9.37 Å². The van der Waals surface area contributed by atoms with Crippen LogP contribution in [-0.4, -0.2) is 15.5 Å². The average molecular weight is 247 g/mol. The Kier molecular flexibility index (Phi) is 3.72. The van der Waals surface area contributed by atoms with E-state index < -0.39 is 5.82 Å². The largest absolute Gasteiger partial charge is 0.326 e. The van der Waals surface area contributed by atoms with Gasteiger partial charge in [0.05, 0.1) is 5.69 Å². The minimum Gasteiger partial charge on any atom is -0.326 e. The maximum absolute atomic E-state index is 13.3. The second-order valence-corrected chi connectivity index (χ2v) is 3.85. The fraction of sp³-hybridized carbons (Fsp3) is 0.231. The highest BCUT2D eigenvalue weighted by Gasteiger charge is 2.08. The highest BCUT2D eigenvalue weighted by Crippen LogP contribution is 2.12. The Labute approximate surface area is 104 Å². The van der Waals surface area contributed by atoms with Crippen molar-refractivity contribution in [2.75, 3.05) is 5.32 Å². The number of halogens is 1. The molecular formula is C13H14FN3O. The van der Waals surface area contributed by atoms with Crippen molar-refractivity contribution in [2.45, 2.75) is 19.9 Å². The molecular weight excluding hydrogens is 233 g/mol. The van der Waals surface area contributed by atoms with Crippen LogP contribution in [0, 0.1) is 5.82 Å². The van der Waals surface area contributed by atoms with Gasteiger partial charge in [-0.1, -0.05) is 19.1 Å². The summed E-state index contributed by atoms with van der Waals surface area (Å²) in [4.78, 5) is 15.9. The number of anilines is 1. The van der Waals surface area contributed by atoms with Gasteiger partial charge in [-0.2, -0.15) is 0 Å². The zero-order valence-corrected chi connectivity index (χ0v) is 10.1. The first-order valence-corrected chi connectivity index (χ1v) is 5.75. The number of imidazole rings is 1. The predicted molar refractivity (Wildman–Crippen MR) is 66.6 cm³/mol. The summed E-state index contributed by atoms with van der Waals surface area (Å²) in [6.45, 7) is 2.10. The Morgan fingerprint density at radius 2 is 2.22 bits per heavy atom. The van der Waals surface area contributed by atoms with Crippen LogP contribution in [0.25, 0.3) is 0 Å². The highest BCUT2D eigenvalue weighted by atomic mass is 19.1. The molecule has 0 saturated heterocycles. The van der Waals surface area contributed by atoms with Crippen molar-refractivity contribution >= 4 is 11.6 Å². The molecule has 0 radical (unpaired) electrons. The van der Waals surface area contributed by atoms with Gasteiger partial charge in [-0.15, -0.1) is 0 Å². The fourth-order valence-corrected chi connectivity index (χ4v) is 1.71. The lowest BCUT2D eigenvalue weighted by molar-refractivity contribution is -0.116. The SMILES string of the molecule is CCc1nccn1CC(=O)Nc1ccccc1F. The molecule has 1 amide bonds. The van der Waals surface area contributed by atoms with Gasteiger partial charge in [0, 0.05) is 18.8 Å². The molecule has 1 N–H and O–H groups in total. The summed E-state index contributed by atoms with van der Waals surface area (Å²) in [5, 5.41) is 2.54. The molecule has 0 bridgehead atoms. The van der Waals surface area contributed by atoms with Gasteiger partial charge in [0.25, 0.3) is 0 Å². The van der Waals surface area contributed by atoms with Gasteiger partial charge in [-0.3, -0.25) is 4.79 Å². The first kappa shape index (κ1) is 12.3. The molecule has 1 heterocycles. The van der Waals surface area contributed by atoms with Crippen LogP contribution in [0.1, 0.15) is 12.7 Å². The topological polar surface area (TPSA) is 46.9 Å². The van der Waals surface area contributed by atoms with E-state index in [0.717, 1.165) is 12.2 Å². The molecule has 0 spiro atoms. The van der Waals surface area contributed by atoms with E-state index in [9.17, 15) is 9.18 Å². The number of hydrogen-bond acceptors (Lipinski definition) is 2. The quantitative estimate of drug-likeness (QED) is 0.900. The van der Waals surface area contributed by atoms with E-state index in [1.807, 2.05) is 6.92 Å². The minimum absolute atomic E-state index is 0.136. The monoisotopic (exact) mass is 247 g/mol. The second kappa shape index (κ2) is 5.44. The molecule has 0 unspecified atom stereocenters. The van der Waals surface area contributed by atoms with Crippen molar-refractivity contribution < 1.29 is 9.18 Å². The molecule has 0 saturated carbocycles. The predicted octanol–water partition coefficient (Wildman–Crippen LogP) is 2.22.